The molecule has 2 heterocycles. The number of nitrogens with zero attached hydrogens (tertiary/aromatic N) is 3. The number of carbonyl (C=O) groups excluding carboxylic acids is 2. The Balaban J connectivity index is 1.62. The topological polar surface area (TPSA) is 76.5 Å². The van der Waals surface area contributed by atoms with E-state index in [1.165, 1.54) is 12.1 Å². The summed E-state index contributed by atoms with van der Waals surface area (Å²) in [5.41, 5.74) is 4.11. The minimum atomic E-state index is -0.553. The first-order chi connectivity index (χ1) is 17.6. The number of piperidine rings is 1. The third kappa shape index (κ3) is 6.18. The van der Waals surface area contributed by atoms with E-state index in [1.54, 1.807) is 21.7 Å². The first-order valence-corrected chi connectivity index (χ1v) is 12.8. The molecular formula is C29H35FN4O3. The number of rotatable bonds is 5. The zero-order valence-electron chi connectivity index (χ0n) is 22.2. The molecular weight excluding hydrogens is 471 g/mol. The fourth-order valence-electron chi connectivity index (χ4n) is 4.66. The lowest BCUT2D eigenvalue weighted by molar-refractivity contribution is 0.0204. The second-order valence-corrected chi connectivity index (χ2v) is 10.5. The van der Waals surface area contributed by atoms with Crippen LogP contribution in [0.25, 0.3) is 5.69 Å². The summed E-state index contributed by atoms with van der Waals surface area (Å²) in [5, 5.41) is 7.74. The molecule has 2 aromatic carbocycles. The number of benzene rings is 2. The first kappa shape index (κ1) is 26.4. The number of anilines is 1. The van der Waals surface area contributed by atoms with E-state index in [-0.39, 0.29) is 23.7 Å². The van der Waals surface area contributed by atoms with Crippen LogP contribution in [-0.2, 0) is 11.2 Å². The van der Waals surface area contributed by atoms with Gasteiger partial charge in [-0.25, -0.2) is 13.9 Å². The van der Waals surface area contributed by atoms with E-state index in [0.717, 1.165) is 28.8 Å². The van der Waals surface area contributed by atoms with Crippen LogP contribution < -0.4 is 5.32 Å². The van der Waals surface area contributed by atoms with E-state index in [0.29, 0.717) is 37.3 Å². The molecule has 1 aromatic heterocycles. The number of hydrogen-bond acceptors (Lipinski definition) is 4. The average Bonchev–Trinajstić information content (AvgIpc) is 3.30. The molecule has 37 heavy (non-hydrogen) atoms. The van der Waals surface area contributed by atoms with Gasteiger partial charge in [-0.15, -0.1) is 0 Å². The van der Waals surface area contributed by atoms with Gasteiger partial charge < -0.3 is 15.0 Å². The van der Waals surface area contributed by atoms with Crippen molar-refractivity contribution in [3.05, 3.63) is 76.9 Å². The first-order valence-electron chi connectivity index (χ1n) is 12.8. The van der Waals surface area contributed by atoms with Crippen molar-refractivity contribution in [1.82, 2.24) is 14.7 Å². The van der Waals surface area contributed by atoms with Gasteiger partial charge >= 0.3 is 6.09 Å². The minimum absolute atomic E-state index is 0.0381. The molecule has 0 spiro atoms. The van der Waals surface area contributed by atoms with Crippen molar-refractivity contribution in [2.75, 3.05) is 18.4 Å². The summed E-state index contributed by atoms with van der Waals surface area (Å²) in [6.45, 7) is 10.6. The Hall–Kier alpha value is -3.68. The predicted molar refractivity (Wildman–Crippen MR) is 142 cm³/mol. The largest absolute Gasteiger partial charge is 0.444 e. The molecule has 196 valence electrons. The van der Waals surface area contributed by atoms with Crippen LogP contribution in [0.5, 0.6) is 0 Å². The van der Waals surface area contributed by atoms with E-state index < -0.39 is 5.60 Å². The molecule has 0 aliphatic carbocycles. The maximum Gasteiger partial charge on any atom is 0.410 e. The highest BCUT2D eigenvalue weighted by Crippen LogP contribution is 2.32. The van der Waals surface area contributed by atoms with Gasteiger partial charge in [0.2, 0.25) is 0 Å². The Bertz CT molecular complexity index is 1270. The number of ether oxygens (including phenoxy) is 1. The number of hydrogen-bond donors (Lipinski definition) is 1. The highest BCUT2D eigenvalue weighted by Gasteiger charge is 2.31. The molecule has 0 bridgehead atoms. The van der Waals surface area contributed by atoms with Gasteiger partial charge in [0.15, 0.2) is 5.69 Å². The maximum absolute atomic E-state index is 13.6. The third-order valence-corrected chi connectivity index (χ3v) is 6.61. The summed E-state index contributed by atoms with van der Waals surface area (Å²) < 4.78 is 20.7. The smallest absolute Gasteiger partial charge is 0.410 e. The molecule has 0 radical (unpaired) electrons. The summed E-state index contributed by atoms with van der Waals surface area (Å²) in [6.07, 6.45) is 3.68. The Morgan fingerprint density at radius 3 is 2.41 bits per heavy atom. The van der Waals surface area contributed by atoms with Crippen LogP contribution in [0, 0.1) is 12.7 Å². The fraction of sp³-hybridized carbons (Fsp3) is 0.414. The van der Waals surface area contributed by atoms with Gasteiger partial charge in [0.1, 0.15) is 11.4 Å². The minimum Gasteiger partial charge on any atom is -0.444 e. The quantitative estimate of drug-likeness (QED) is 0.444. The van der Waals surface area contributed by atoms with Crippen LogP contribution in [0.1, 0.15) is 73.6 Å². The summed E-state index contributed by atoms with van der Waals surface area (Å²) in [5.74, 6) is -0.583. The van der Waals surface area contributed by atoms with E-state index in [9.17, 15) is 14.0 Å². The number of amides is 2. The van der Waals surface area contributed by atoms with Gasteiger partial charge in [-0.05, 0) is 88.3 Å². The highest BCUT2D eigenvalue weighted by molar-refractivity contribution is 6.04. The zero-order chi connectivity index (χ0) is 26.7. The number of carbonyl (C=O) groups is 2. The number of likely N-dealkylation sites (tertiary alicyclic amines) is 1. The molecule has 3 aromatic rings. The molecule has 7 nitrogen and oxygen atoms in total. The van der Waals surface area contributed by atoms with E-state index in [1.807, 2.05) is 52.1 Å². The Morgan fingerprint density at radius 1 is 1.11 bits per heavy atom. The summed E-state index contributed by atoms with van der Waals surface area (Å²) in [6, 6.07) is 12.0. The van der Waals surface area contributed by atoms with Gasteiger partial charge in [0.25, 0.3) is 5.91 Å². The van der Waals surface area contributed by atoms with Gasteiger partial charge in [-0.3, -0.25) is 4.79 Å². The molecule has 0 unspecified atom stereocenters. The van der Waals surface area contributed by atoms with Crippen LogP contribution in [0.2, 0.25) is 0 Å². The zero-order valence-corrected chi connectivity index (χ0v) is 22.2. The van der Waals surface area contributed by atoms with Crippen LogP contribution in [-0.4, -0.2) is 45.4 Å². The number of para-hydroxylation sites is 1. The standard InChI is InChI=1S/C29H35FN4O3/c1-6-20-9-7-8-19(2)25(20)31-27(35)26-24(18-34(32-26)23-12-10-22(30)11-13-23)21-14-16-33(17-15-21)28(36)37-29(3,4)5/h7-13,18,21H,6,14-17H2,1-5H3,(H,31,35). The molecule has 0 atom stereocenters. The highest BCUT2D eigenvalue weighted by atomic mass is 19.1. The monoisotopic (exact) mass is 506 g/mol. The van der Waals surface area contributed by atoms with Crippen molar-refractivity contribution in [1.29, 1.82) is 0 Å². The lowest BCUT2D eigenvalue weighted by atomic mass is 9.89. The SMILES string of the molecule is CCc1cccc(C)c1NC(=O)c1nn(-c2ccc(F)cc2)cc1C1CCN(C(=O)OC(C)(C)C)CC1. The molecule has 1 aliphatic rings. The normalized spacial score (nSPS) is 14.5. The number of nitrogens with one attached hydrogen (secondary N) is 1. The molecule has 4 rings (SSSR count). The van der Waals surface area contributed by atoms with Crippen molar-refractivity contribution >= 4 is 17.7 Å². The van der Waals surface area contributed by atoms with E-state index in [2.05, 4.69) is 17.3 Å². The molecule has 1 N–H and O–H groups in total. The van der Waals surface area contributed by atoms with E-state index >= 15 is 0 Å². The summed E-state index contributed by atoms with van der Waals surface area (Å²) in [4.78, 5) is 27.8. The van der Waals surface area contributed by atoms with Crippen LogP contribution in [0.15, 0.2) is 48.7 Å². The average molecular weight is 507 g/mol. The molecule has 1 aliphatic heterocycles. The van der Waals surface area contributed by atoms with Gasteiger partial charge in [0.05, 0.1) is 5.69 Å². The maximum atomic E-state index is 13.6. The molecule has 1 saturated heterocycles. The Kier molecular flexibility index (Phi) is 7.66. The molecule has 2 amide bonds. The van der Waals surface area contributed by atoms with E-state index in [4.69, 9.17) is 4.74 Å². The lowest BCUT2D eigenvalue weighted by Gasteiger charge is -2.33. The van der Waals surface area contributed by atoms with Crippen molar-refractivity contribution in [2.45, 2.75) is 65.4 Å². The van der Waals surface area contributed by atoms with Crippen molar-refractivity contribution in [3.8, 4) is 5.69 Å². The second kappa shape index (κ2) is 10.7. The predicted octanol–water partition coefficient (Wildman–Crippen LogP) is 6.25. The van der Waals surface area contributed by atoms with Gasteiger partial charge in [-0.2, -0.15) is 5.10 Å². The third-order valence-electron chi connectivity index (χ3n) is 6.61. The van der Waals surface area contributed by atoms with Gasteiger partial charge in [0, 0.05) is 30.5 Å². The van der Waals surface area contributed by atoms with Crippen molar-refractivity contribution < 1.29 is 18.7 Å². The lowest BCUT2D eigenvalue weighted by Crippen LogP contribution is -2.41. The molecule has 0 saturated carbocycles. The van der Waals surface area contributed by atoms with Crippen LogP contribution in [0.3, 0.4) is 0 Å². The Labute approximate surface area is 217 Å². The number of aryl methyl sites for hydroxylation is 2. The fourth-order valence-corrected chi connectivity index (χ4v) is 4.66. The van der Waals surface area contributed by atoms with Gasteiger partial charge in [-0.1, -0.05) is 25.1 Å². The molecule has 1 fully saturated rings. The molecule has 8 heteroatoms. The number of halogens is 1. The van der Waals surface area contributed by atoms with Crippen molar-refractivity contribution in [2.24, 2.45) is 0 Å². The summed E-state index contributed by atoms with van der Waals surface area (Å²) >= 11 is 0. The summed E-state index contributed by atoms with van der Waals surface area (Å²) in [7, 11) is 0. The number of aromatic nitrogens is 2. The second-order valence-electron chi connectivity index (χ2n) is 10.5. The Morgan fingerprint density at radius 2 is 1.78 bits per heavy atom. The van der Waals surface area contributed by atoms with Crippen LogP contribution in [0.4, 0.5) is 14.9 Å². The van der Waals surface area contributed by atoms with Crippen molar-refractivity contribution in [3.63, 3.8) is 0 Å². The van der Waals surface area contributed by atoms with Crippen LogP contribution >= 0.6 is 0 Å².